The molecule has 0 radical (unpaired) electrons. The molecule has 21 heavy (non-hydrogen) atoms. The van der Waals surface area contributed by atoms with Crippen LogP contribution in [0.5, 0.6) is 0 Å². The van der Waals surface area contributed by atoms with Gasteiger partial charge in [0.15, 0.2) is 0 Å². The summed E-state index contributed by atoms with van der Waals surface area (Å²) in [6, 6.07) is 2.95. The molecule has 3 N–H and O–H groups in total. The summed E-state index contributed by atoms with van der Waals surface area (Å²) in [5.41, 5.74) is 4.85. The second kappa shape index (κ2) is 5.63. The third-order valence-corrected chi connectivity index (χ3v) is 3.83. The zero-order valence-corrected chi connectivity index (χ0v) is 12.1. The smallest absolute Gasteiger partial charge is 0.389 e. The first-order valence-corrected chi connectivity index (χ1v) is 6.93. The van der Waals surface area contributed by atoms with Gasteiger partial charge in [-0.25, -0.2) is 0 Å². The maximum Gasteiger partial charge on any atom is 0.416 e. The average molecular weight is 316 g/mol. The van der Waals surface area contributed by atoms with Crippen LogP contribution < -0.4 is 11.1 Å². The van der Waals surface area contributed by atoms with Gasteiger partial charge in [-0.15, -0.1) is 0 Å². The zero-order valence-electron chi connectivity index (χ0n) is 11.3. The van der Waals surface area contributed by atoms with Crippen LogP contribution in [0.1, 0.15) is 30.9 Å². The van der Waals surface area contributed by atoms with Gasteiger partial charge in [0.2, 0.25) is 5.91 Å². The highest BCUT2D eigenvalue weighted by Crippen LogP contribution is 2.37. The highest BCUT2D eigenvalue weighted by Gasteiger charge is 2.34. The molecule has 2 rings (SSSR count). The largest absolute Gasteiger partial charge is 0.416 e. The Balaban J connectivity index is 2.26. The third kappa shape index (κ3) is 3.72. The maximum absolute atomic E-state index is 12.7. The number of halogens is 3. The van der Waals surface area contributed by atoms with Crippen molar-refractivity contribution in [2.75, 3.05) is 5.32 Å². The third-order valence-electron chi connectivity index (χ3n) is 3.61. The molecule has 1 atom stereocenters. The Hall–Kier alpha value is -1.63. The maximum atomic E-state index is 12.7. The predicted molar refractivity (Wildman–Crippen MR) is 77.8 cm³/mol. The standard InChI is InChI=1S/C14H15F3N2OS/c1-7(8-2-3-8)13(20)19-11-5-4-9(14(15,16)17)6-10(11)12(18)21/h4-8H,2-3H2,1H3,(H2,18,21)(H,19,20). The molecule has 0 spiro atoms. The molecular weight excluding hydrogens is 301 g/mol. The van der Waals surface area contributed by atoms with Crippen LogP contribution in [0.25, 0.3) is 0 Å². The number of alkyl halides is 3. The van der Waals surface area contributed by atoms with Crippen LogP contribution in [0.2, 0.25) is 0 Å². The summed E-state index contributed by atoms with van der Waals surface area (Å²) in [5.74, 6) is -0.0472. The first kappa shape index (κ1) is 15.8. The van der Waals surface area contributed by atoms with Crippen LogP contribution in [-0.2, 0) is 11.0 Å². The number of thiocarbonyl (C=S) groups is 1. The molecular formula is C14H15F3N2OS. The number of hydrogen-bond acceptors (Lipinski definition) is 2. The SMILES string of the molecule is CC(C(=O)Nc1ccc(C(F)(F)F)cc1C(N)=S)C1CC1. The van der Waals surface area contributed by atoms with Crippen molar-refractivity contribution in [2.45, 2.75) is 25.9 Å². The van der Waals surface area contributed by atoms with E-state index in [1.54, 1.807) is 6.92 Å². The summed E-state index contributed by atoms with van der Waals surface area (Å²) in [4.78, 5) is 11.8. The summed E-state index contributed by atoms with van der Waals surface area (Å²) in [6.45, 7) is 1.80. The summed E-state index contributed by atoms with van der Waals surface area (Å²) >= 11 is 4.77. The van der Waals surface area contributed by atoms with E-state index in [4.69, 9.17) is 18.0 Å². The van der Waals surface area contributed by atoms with Crippen LogP contribution >= 0.6 is 12.2 Å². The lowest BCUT2D eigenvalue weighted by Crippen LogP contribution is -2.24. The van der Waals surface area contributed by atoms with E-state index in [1.165, 1.54) is 6.07 Å². The van der Waals surface area contributed by atoms with Gasteiger partial charge < -0.3 is 11.1 Å². The monoisotopic (exact) mass is 316 g/mol. The average Bonchev–Trinajstić information content (AvgIpc) is 3.20. The van der Waals surface area contributed by atoms with E-state index in [0.717, 1.165) is 25.0 Å². The highest BCUT2D eigenvalue weighted by molar-refractivity contribution is 7.80. The van der Waals surface area contributed by atoms with Crippen LogP contribution in [0.3, 0.4) is 0 Å². The molecule has 1 fully saturated rings. The van der Waals surface area contributed by atoms with Crippen molar-refractivity contribution in [1.29, 1.82) is 0 Å². The molecule has 1 aliphatic carbocycles. The number of amides is 1. The van der Waals surface area contributed by atoms with E-state index in [-0.39, 0.29) is 28.1 Å². The number of hydrogen-bond donors (Lipinski definition) is 2. The van der Waals surface area contributed by atoms with Crippen LogP contribution in [0, 0.1) is 11.8 Å². The predicted octanol–water partition coefficient (Wildman–Crippen LogP) is 3.32. The normalized spacial score (nSPS) is 16.4. The summed E-state index contributed by atoms with van der Waals surface area (Å²) in [7, 11) is 0. The van der Waals surface area contributed by atoms with Crippen molar-refractivity contribution < 1.29 is 18.0 Å². The minimum atomic E-state index is -4.48. The number of carbonyl (C=O) groups is 1. The summed E-state index contributed by atoms with van der Waals surface area (Å²) in [6.07, 6.45) is -2.48. The van der Waals surface area contributed by atoms with E-state index >= 15 is 0 Å². The molecule has 3 nitrogen and oxygen atoms in total. The van der Waals surface area contributed by atoms with E-state index in [0.29, 0.717) is 5.92 Å². The second-order valence-corrected chi connectivity index (χ2v) is 5.68. The number of carbonyl (C=O) groups excluding carboxylic acids is 1. The van der Waals surface area contributed by atoms with Gasteiger partial charge in [0.05, 0.1) is 11.3 Å². The van der Waals surface area contributed by atoms with Crippen molar-refractivity contribution in [1.82, 2.24) is 0 Å². The van der Waals surface area contributed by atoms with E-state index in [9.17, 15) is 18.0 Å². The van der Waals surface area contributed by atoms with Crippen LogP contribution in [0.4, 0.5) is 18.9 Å². The minimum Gasteiger partial charge on any atom is -0.389 e. The molecule has 0 heterocycles. The number of nitrogens with one attached hydrogen (secondary N) is 1. The van der Waals surface area contributed by atoms with Gasteiger partial charge in [-0.2, -0.15) is 13.2 Å². The van der Waals surface area contributed by atoms with Crippen molar-refractivity contribution in [3.63, 3.8) is 0 Å². The van der Waals surface area contributed by atoms with Crippen molar-refractivity contribution in [3.05, 3.63) is 29.3 Å². The van der Waals surface area contributed by atoms with Gasteiger partial charge in [0.25, 0.3) is 0 Å². The quantitative estimate of drug-likeness (QED) is 0.838. The molecule has 0 aromatic heterocycles. The number of benzene rings is 1. The highest BCUT2D eigenvalue weighted by atomic mass is 32.1. The lowest BCUT2D eigenvalue weighted by Gasteiger charge is -2.16. The van der Waals surface area contributed by atoms with Crippen LogP contribution in [-0.4, -0.2) is 10.9 Å². The molecule has 1 saturated carbocycles. The van der Waals surface area contributed by atoms with Crippen molar-refractivity contribution in [2.24, 2.45) is 17.6 Å². The van der Waals surface area contributed by atoms with Crippen molar-refractivity contribution in [3.8, 4) is 0 Å². The Morgan fingerprint density at radius 1 is 1.43 bits per heavy atom. The molecule has 1 aliphatic rings. The van der Waals surface area contributed by atoms with E-state index in [1.807, 2.05) is 0 Å². The Kier molecular flexibility index (Phi) is 4.22. The van der Waals surface area contributed by atoms with Gasteiger partial charge in [-0.1, -0.05) is 19.1 Å². The number of anilines is 1. The zero-order chi connectivity index (χ0) is 15.8. The topological polar surface area (TPSA) is 55.1 Å². The molecule has 1 aromatic rings. The Morgan fingerprint density at radius 2 is 2.05 bits per heavy atom. The summed E-state index contributed by atoms with van der Waals surface area (Å²) < 4.78 is 38.1. The Labute approximate surface area is 125 Å². The van der Waals surface area contributed by atoms with Gasteiger partial charge >= 0.3 is 6.18 Å². The van der Waals surface area contributed by atoms with Gasteiger partial charge in [-0.05, 0) is 37.0 Å². The number of nitrogens with two attached hydrogens (primary N) is 1. The molecule has 7 heteroatoms. The molecule has 1 unspecified atom stereocenters. The Bertz CT molecular complexity index is 582. The van der Waals surface area contributed by atoms with Gasteiger partial charge in [0.1, 0.15) is 4.99 Å². The number of rotatable bonds is 4. The molecule has 0 bridgehead atoms. The molecule has 114 valence electrons. The molecule has 1 aromatic carbocycles. The Morgan fingerprint density at radius 3 is 2.52 bits per heavy atom. The van der Waals surface area contributed by atoms with E-state index < -0.39 is 11.7 Å². The minimum absolute atomic E-state index is 0.0242. The van der Waals surface area contributed by atoms with Crippen molar-refractivity contribution >= 4 is 28.8 Å². The lowest BCUT2D eigenvalue weighted by atomic mass is 10.0. The molecule has 1 amide bonds. The molecule has 0 aliphatic heterocycles. The second-order valence-electron chi connectivity index (χ2n) is 5.24. The van der Waals surface area contributed by atoms with Gasteiger partial charge in [-0.3, -0.25) is 4.79 Å². The summed E-state index contributed by atoms with van der Waals surface area (Å²) in [5, 5.41) is 2.62. The van der Waals surface area contributed by atoms with Gasteiger partial charge in [0, 0.05) is 11.5 Å². The van der Waals surface area contributed by atoms with Crippen LogP contribution in [0.15, 0.2) is 18.2 Å². The first-order chi connectivity index (χ1) is 9.70. The lowest BCUT2D eigenvalue weighted by molar-refractivity contribution is -0.137. The fourth-order valence-corrected chi connectivity index (χ4v) is 2.26. The molecule has 0 saturated heterocycles. The fraction of sp³-hybridized carbons (Fsp3) is 0.429. The first-order valence-electron chi connectivity index (χ1n) is 6.52. The fourth-order valence-electron chi connectivity index (χ4n) is 2.09. The van der Waals surface area contributed by atoms with E-state index in [2.05, 4.69) is 5.32 Å².